The lowest BCUT2D eigenvalue weighted by Crippen LogP contribution is -2.40. The van der Waals surface area contributed by atoms with Crippen LogP contribution in [0.2, 0.25) is 10.0 Å². The molecule has 0 fully saturated rings. The number of imide groups is 1. The molecule has 0 saturated heterocycles. The average Bonchev–Trinajstić information content (AvgIpc) is 2.93. The van der Waals surface area contributed by atoms with Crippen LogP contribution in [-0.2, 0) is 9.53 Å². The minimum Gasteiger partial charge on any atom is -0.449 e. The molecule has 1 heterocycles. The van der Waals surface area contributed by atoms with Crippen molar-refractivity contribution < 1.29 is 28.8 Å². The molecule has 0 bridgehead atoms. The van der Waals surface area contributed by atoms with Crippen LogP contribution in [-0.4, -0.2) is 34.7 Å². The first-order valence-corrected chi connectivity index (χ1v) is 12.5. The Morgan fingerprint density at radius 2 is 1.62 bits per heavy atom. The Balaban J connectivity index is 1.34. The van der Waals surface area contributed by atoms with E-state index in [1.54, 1.807) is 6.07 Å². The number of nitrogens with zero attached hydrogens (tertiary/aromatic N) is 2. The van der Waals surface area contributed by atoms with Crippen LogP contribution in [0.4, 0.5) is 17.1 Å². The highest BCUT2D eigenvalue weighted by atomic mass is 35.5. The molecule has 4 aromatic carbocycles. The van der Waals surface area contributed by atoms with Gasteiger partial charge in [0, 0.05) is 27.6 Å². The Kier molecular flexibility index (Phi) is 6.97. The fourth-order valence-electron chi connectivity index (χ4n) is 4.33. The van der Waals surface area contributed by atoms with Crippen LogP contribution in [0.3, 0.4) is 0 Å². The molecule has 1 aliphatic heterocycles. The Labute approximate surface area is 236 Å². The third kappa shape index (κ3) is 4.74. The van der Waals surface area contributed by atoms with Crippen molar-refractivity contribution in [3.05, 3.63) is 110 Å². The molecule has 10 nitrogen and oxygen atoms in total. The van der Waals surface area contributed by atoms with Crippen LogP contribution in [0.25, 0.3) is 10.8 Å². The number of benzene rings is 4. The zero-order valence-corrected chi connectivity index (χ0v) is 22.0. The summed E-state index contributed by atoms with van der Waals surface area (Å²) in [4.78, 5) is 63.6. The Morgan fingerprint density at radius 3 is 2.27 bits per heavy atom. The van der Waals surface area contributed by atoms with E-state index in [0.717, 1.165) is 4.90 Å². The van der Waals surface area contributed by atoms with Gasteiger partial charge in [0.05, 0.1) is 32.3 Å². The molecule has 40 heavy (non-hydrogen) atoms. The van der Waals surface area contributed by atoms with Gasteiger partial charge < -0.3 is 10.1 Å². The largest absolute Gasteiger partial charge is 0.449 e. The summed E-state index contributed by atoms with van der Waals surface area (Å²) in [6.45, 7) is 1.39. The van der Waals surface area contributed by atoms with E-state index < -0.39 is 34.7 Å². The smallest absolute Gasteiger partial charge is 0.338 e. The Morgan fingerprint density at radius 1 is 0.950 bits per heavy atom. The van der Waals surface area contributed by atoms with Gasteiger partial charge in [0.25, 0.3) is 23.4 Å². The first-order valence-electron chi connectivity index (χ1n) is 11.7. The predicted molar refractivity (Wildman–Crippen MR) is 148 cm³/mol. The van der Waals surface area contributed by atoms with E-state index in [4.69, 9.17) is 27.9 Å². The number of nitro groups is 1. The maximum absolute atomic E-state index is 13.3. The van der Waals surface area contributed by atoms with Gasteiger partial charge in [-0.15, -0.1) is 0 Å². The molecule has 12 heteroatoms. The molecule has 0 aliphatic carbocycles. The van der Waals surface area contributed by atoms with Crippen LogP contribution < -0.4 is 10.2 Å². The van der Waals surface area contributed by atoms with E-state index in [2.05, 4.69) is 5.32 Å². The van der Waals surface area contributed by atoms with E-state index in [1.165, 1.54) is 73.7 Å². The Bertz CT molecular complexity index is 1730. The van der Waals surface area contributed by atoms with Crippen LogP contribution >= 0.6 is 23.2 Å². The van der Waals surface area contributed by atoms with Crippen molar-refractivity contribution in [2.24, 2.45) is 0 Å². The van der Waals surface area contributed by atoms with Gasteiger partial charge in [-0.05, 0) is 67.6 Å². The summed E-state index contributed by atoms with van der Waals surface area (Å²) in [5.74, 6) is -2.75. The highest BCUT2D eigenvalue weighted by Gasteiger charge is 2.35. The fraction of sp³-hybridized carbons (Fsp3) is 0.0714. The van der Waals surface area contributed by atoms with Gasteiger partial charge in [-0.1, -0.05) is 29.3 Å². The van der Waals surface area contributed by atoms with Crippen molar-refractivity contribution in [3.8, 4) is 0 Å². The number of hydrogen-bond acceptors (Lipinski definition) is 7. The molecule has 5 rings (SSSR count). The summed E-state index contributed by atoms with van der Waals surface area (Å²) in [7, 11) is 0. The summed E-state index contributed by atoms with van der Waals surface area (Å²) in [5.41, 5.74) is 0.612. The van der Waals surface area contributed by atoms with E-state index >= 15 is 0 Å². The maximum atomic E-state index is 13.3. The molecule has 0 aromatic heterocycles. The van der Waals surface area contributed by atoms with Crippen LogP contribution in [0.15, 0.2) is 72.8 Å². The number of nitro benzene ring substituents is 1. The van der Waals surface area contributed by atoms with Gasteiger partial charge in [0.15, 0.2) is 6.10 Å². The standard InChI is InChI=1S/C28H17Cl2N3O7/c1-14(25(34)31-22-11-7-16(29)13-21(22)30)40-28(37)15-5-8-17(9-6-15)32-26(35)19-4-2-3-18-23(33(38)39)12-10-20(24(18)19)27(32)36/h2-14H,1H3,(H,31,34). The first kappa shape index (κ1) is 26.8. The normalized spacial score (nSPS) is 13.2. The van der Waals surface area contributed by atoms with Crippen molar-refractivity contribution in [1.82, 2.24) is 0 Å². The van der Waals surface area contributed by atoms with Crippen molar-refractivity contribution in [2.45, 2.75) is 13.0 Å². The predicted octanol–water partition coefficient (Wildman–Crippen LogP) is 6.04. The number of ether oxygens (including phenoxy) is 1. The zero-order valence-electron chi connectivity index (χ0n) is 20.5. The summed E-state index contributed by atoms with van der Waals surface area (Å²) in [6, 6.07) is 17.0. The number of anilines is 2. The number of hydrogen-bond donors (Lipinski definition) is 1. The average molecular weight is 578 g/mol. The number of rotatable bonds is 6. The second-order valence-corrected chi connectivity index (χ2v) is 9.61. The van der Waals surface area contributed by atoms with E-state index in [9.17, 15) is 29.3 Å². The molecular weight excluding hydrogens is 561 g/mol. The quantitative estimate of drug-likeness (QED) is 0.128. The first-order chi connectivity index (χ1) is 19.1. The number of non-ortho nitro benzene ring substituents is 1. The third-order valence-electron chi connectivity index (χ3n) is 6.28. The molecule has 1 atom stereocenters. The highest BCUT2D eigenvalue weighted by molar-refractivity contribution is 6.37. The summed E-state index contributed by atoms with van der Waals surface area (Å²) < 4.78 is 5.25. The minimum atomic E-state index is -1.18. The van der Waals surface area contributed by atoms with Crippen LogP contribution in [0.5, 0.6) is 0 Å². The lowest BCUT2D eigenvalue weighted by molar-refractivity contribution is -0.383. The van der Waals surface area contributed by atoms with Crippen molar-refractivity contribution in [3.63, 3.8) is 0 Å². The van der Waals surface area contributed by atoms with Crippen molar-refractivity contribution in [2.75, 3.05) is 10.2 Å². The lowest BCUT2D eigenvalue weighted by Gasteiger charge is -2.27. The maximum Gasteiger partial charge on any atom is 0.338 e. The van der Waals surface area contributed by atoms with Crippen molar-refractivity contribution >= 4 is 74.7 Å². The Hall–Kier alpha value is -4.80. The third-order valence-corrected chi connectivity index (χ3v) is 6.83. The topological polar surface area (TPSA) is 136 Å². The molecule has 3 amide bonds. The fourth-order valence-corrected chi connectivity index (χ4v) is 4.78. The number of nitrogens with one attached hydrogen (secondary N) is 1. The second-order valence-electron chi connectivity index (χ2n) is 8.77. The molecule has 200 valence electrons. The van der Waals surface area contributed by atoms with Crippen LogP contribution in [0, 0.1) is 10.1 Å². The molecular formula is C28H17Cl2N3O7. The lowest BCUT2D eigenvalue weighted by atomic mass is 9.92. The van der Waals surface area contributed by atoms with E-state index in [-0.39, 0.29) is 43.9 Å². The second kappa shape index (κ2) is 10.4. The molecule has 0 saturated carbocycles. The van der Waals surface area contributed by atoms with Gasteiger partial charge >= 0.3 is 5.97 Å². The van der Waals surface area contributed by atoms with Gasteiger partial charge in [0.1, 0.15) is 0 Å². The molecule has 0 radical (unpaired) electrons. The number of esters is 1. The van der Waals surface area contributed by atoms with Crippen molar-refractivity contribution in [1.29, 1.82) is 0 Å². The summed E-state index contributed by atoms with van der Waals surface area (Å²) in [5, 5.41) is 15.0. The van der Waals surface area contributed by atoms with Gasteiger partial charge in [0.2, 0.25) is 0 Å². The number of amides is 3. The number of halogens is 2. The molecule has 4 aromatic rings. The van der Waals surface area contributed by atoms with Crippen LogP contribution in [0.1, 0.15) is 38.0 Å². The summed E-state index contributed by atoms with van der Waals surface area (Å²) in [6.07, 6.45) is -1.18. The van der Waals surface area contributed by atoms with Gasteiger partial charge in [-0.25, -0.2) is 9.69 Å². The molecule has 1 unspecified atom stereocenters. The highest BCUT2D eigenvalue weighted by Crippen LogP contribution is 2.37. The zero-order chi connectivity index (χ0) is 28.7. The number of carbonyl (C=O) groups excluding carboxylic acids is 4. The minimum absolute atomic E-state index is 0.0722. The number of carbonyl (C=O) groups is 4. The monoisotopic (exact) mass is 577 g/mol. The SMILES string of the molecule is CC(OC(=O)c1ccc(N2C(=O)c3cccc4c([N+](=O)[O-])ccc(c34)C2=O)cc1)C(=O)Nc1ccc(Cl)cc1Cl. The summed E-state index contributed by atoms with van der Waals surface area (Å²) >= 11 is 11.9. The van der Waals surface area contributed by atoms with Gasteiger partial charge in [-0.3, -0.25) is 24.5 Å². The molecule has 0 spiro atoms. The van der Waals surface area contributed by atoms with E-state index in [1.807, 2.05) is 0 Å². The molecule has 1 N–H and O–H groups in total. The van der Waals surface area contributed by atoms with E-state index in [0.29, 0.717) is 10.7 Å². The molecule has 1 aliphatic rings. The van der Waals surface area contributed by atoms with Gasteiger partial charge in [-0.2, -0.15) is 0 Å².